The fraction of sp³-hybridized carbons (Fsp3) is 0.538. The SMILES string of the molecule is OC(Cc1ccc(F)c(F)c1F)CN1CCNCC1. The minimum Gasteiger partial charge on any atom is -0.391 e. The van der Waals surface area contributed by atoms with Gasteiger partial charge in [-0.1, -0.05) is 6.07 Å². The van der Waals surface area contributed by atoms with Crippen molar-refractivity contribution in [3.63, 3.8) is 0 Å². The number of rotatable bonds is 4. The van der Waals surface area contributed by atoms with Gasteiger partial charge in [-0.25, -0.2) is 13.2 Å². The second-order valence-corrected chi connectivity index (χ2v) is 4.74. The van der Waals surface area contributed by atoms with Gasteiger partial charge in [-0.2, -0.15) is 0 Å². The van der Waals surface area contributed by atoms with Crippen molar-refractivity contribution in [3.05, 3.63) is 35.1 Å². The normalized spacial score (nSPS) is 18.5. The van der Waals surface area contributed by atoms with Crippen LogP contribution in [0.4, 0.5) is 13.2 Å². The monoisotopic (exact) mass is 274 g/mol. The van der Waals surface area contributed by atoms with Crippen LogP contribution in [0.5, 0.6) is 0 Å². The first-order chi connectivity index (χ1) is 9.08. The molecule has 3 nitrogen and oxygen atoms in total. The standard InChI is InChI=1S/C13H17F3N2O/c14-11-2-1-9(12(15)13(11)16)7-10(19)8-18-5-3-17-4-6-18/h1-2,10,17,19H,3-8H2. The summed E-state index contributed by atoms with van der Waals surface area (Å²) in [5.74, 6) is -3.90. The Kier molecular flexibility index (Phi) is 4.79. The Labute approximate surface area is 110 Å². The average molecular weight is 274 g/mol. The topological polar surface area (TPSA) is 35.5 Å². The van der Waals surface area contributed by atoms with Crippen molar-refractivity contribution < 1.29 is 18.3 Å². The molecule has 1 saturated heterocycles. The Bertz CT molecular complexity index is 436. The van der Waals surface area contributed by atoms with E-state index in [1.54, 1.807) is 0 Å². The third kappa shape index (κ3) is 3.68. The molecule has 6 heteroatoms. The lowest BCUT2D eigenvalue weighted by atomic mass is 10.1. The van der Waals surface area contributed by atoms with Crippen LogP contribution in [0.3, 0.4) is 0 Å². The van der Waals surface area contributed by atoms with Gasteiger partial charge in [-0.05, 0) is 11.6 Å². The number of hydrogen-bond acceptors (Lipinski definition) is 3. The molecule has 1 atom stereocenters. The quantitative estimate of drug-likeness (QED) is 0.801. The molecule has 1 fully saturated rings. The van der Waals surface area contributed by atoms with Crippen LogP contribution in [0, 0.1) is 17.5 Å². The molecule has 0 radical (unpaired) electrons. The lowest BCUT2D eigenvalue weighted by Gasteiger charge is -2.29. The van der Waals surface area contributed by atoms with Gasteiger partial charge in [0.25, 0.3) is 0 Å². The third-order valence-corrected chi connectivity index (χ3v) is 3.25. The van der Waals surface area contributed by atoms with Gasteiger partial charge in [0.05, 0.1) is 6.10 Å². The number of halogens is 3. The highest BCUT2D eigenvalue weighted by molar-refractivity contribution is 5.21. The Morgan fingerprint density at radius 3 is 2.53 bits per heavy atom. The summed E-state index contributed by atoms with van der Waals surface area (Å²) in [6.45, 7) is 3.74. The number of aliphatic hydroxyl groups is 1. The van der Waals surface area contributed by atoms with Gasteiger partial charge >= 0.3 is 0 Å². The highest BCUT2D eigenvalue weighted by Gasteiger charge is 2.18. The van der Waals surface area contributed by atoms with E-state index in [1.165, 1.54) is 6.07 Å². The van der Waals surface area contributed by atoms with Crippen molar-refractivity contribution in [2.75, 3.05) is 32.7 Å². The maximum atomic E-state index is 13.5. The molecule has 19 heavy (non-hydrogen) atoms. The first-order valence-corrected chi connectivity index (χ1v) is 6.31. The summed E-state index contributed by atoms with van der Waals surface area (Å²) in [5, 5.41) is 13.1. The molecule has 1 heterocycles. The Hall–Kier alpha value is -1.11. The summed E-state index contributed by atoms with van der Waals surface area (Å²) in [6, 6.07) is 2.06. The average Bonchev–Trinajstić information content (AvgIpc) is 2.41. The molecular formula is C13H17F3N2O. The van der Waals surface area contributed by atoms with Gasteiger partial charge in [0.15, 0.2) is 17.5 Å². The number of β-amino-alcohol motifs (C(OH)–C–C–N with tert-alkyl or cyclic N) is 1. The van der Waals surface area contributed by atoms with E-state index in [-0.39, 0.29) is 12.0 Å². The summed E-state index contributed by atoms with van der Waals surface area (Å²) in [4.78, 5) is 2.05. The number of aliphatic hydroxyl groups excluding tert-OH is 1. The first-order valence-electron chi connectivity index (χ1n) is 6.31. The summed E-state index contributed by atoms with van der Waals surface area (Å²) in [5.41, 5.74) is 0.00142. The van der Waals surface area contributed by atoms with Crippen molar-refractivity contribution in [1.29, 1.82) is 0 Å². The van der Waals surface area contributed by atoms with Crippen LogP contribution in [0.25, 0.3) is 0 Å². The van der Waals surface area contributed by atoms with Crippen molar-refractivity contribution in [2.45, 2.75) is 12.5 Å². The molecule has 1 aromatic carbocycles. The third-order valence-electron chi connectivity index (χ3n) is 3.25. The summed E-state index contributed by atoms with van der Waals surface area (Å²) >= 11 is 0. The van der Waals surface area contributed by atoms with Crippen molar-refractivity contribution >= 4 is 0 Å². The largest absolute Gasteiger partial charge is 0.391 e. The molecule has 0 saturated carbocycles. The van der Waals surface area contributed by atoms with Gasteiger partial charge < -0.3 is 10.4 Å². The first kappa shape index (κ1) is 14.3. The molecule has 1 aliphatic rings. The molecular weight excluding hydrogens is 257 g/mol. The number of nitrogens with one attached hydrogen (secondary N) is 1. The molecule has 0 aromatic heterocycles. The molecule has 106 valence electrons. The lowest BCUT2D eigenvalue weighted by Crippen LogP contribution is -2.46. The van der Waals surface area contributed by atoms with Crippen LogP contribution in [0.2, 0.25) is 0 Å². The predicted octanol–water partition coefficient (Wildman–Crippen LogP) is 0.912. The highest BCUT2D eigenvalue weighted by atomic mass is 19.2. The molecule has 1 aromatic rings. The zero-order valence-electron chi connectivity index (χ0n) is 10.5. The van der Waals surface area contributed by atoms with Crippen molar-refractivity contribution in [1.82, 2.24) is 10.2 Å². The molecule has 1 unspecified atom stereocenters. The number of piperazine rings is 1. The molecule has 0 amide bonds. The Balaban J connectivity index is 1.94. The van der Waals surface area contributed by atoms with E-state index in [0.29, 0.717) is 6.54 Å². The van der Waals surface area contributed by atoms with Gasteiger partial charge in [0, 0.05) is 39.1 Å². The van der Waals surface area contributed by atoms with Crippen LogP contribution >= 0.6 is 0 Å². The van der Waals surface area contributed by atoms with Crippen LogP contribution in [-0.4, -0.2) is 48.8 Å². The molecule has 1 aliphatic heterocycles. The van der Waals surface area contributed by atoms with Crippen LogP contribution in [0.15, 0.2) is 12.1 Å². The fourth-order valence-electron chi connectivity index (χ4n) is 2.23. The zero-order valence-corrected chi connectivity index (χ0v) is 10.5. The van der Waals surface area contributed by atoms with E-state index in [4.69, 9.17) is 0 Å². The molecule has 0 bridgehead atoms. The van der Waals surface area contributed by atoms with E-state index < -0.39 is 23.6 Å². The predicted molar refractivity (Wildman–Crippen MR) is 65.3 cm³/mol. The van der Waals surface area contributed by atoms with Gasteiger partial charge in [-0.15, -0.1) is 0 Å². The Morgan fingerprint density at radius 2 is 1.84 bits per heavy atom. The molecule has 0 spiro atoms. The van der Waals surface area contributed by atoms with E-state index in [0.717, 1.165) is 32.2 Å². The lowest BCUT2D eigenvalue weighted by molar-refractivity contribution is 0.104. The Morgan fingerprint density at radius 1 is 1.16 bits per heavy atom. The van der Waals surface area contributed by atoms with Crippen LogP contribution < -0.4 is 5.32 Å². The van der Waals surface area contributed by atoms with Crippen LogP contribution in [0.1, 0.15) is 5.56 Å². The zero-order chi connectivity index (χ0) is 13.8. The van der Waals surface area contributed by atoms with Crippen molar-refractivity contribution in [2.24, 2.45) is 0 Å². The van der Waals surface area contributed by atoms with E-state index in [9.17, 15) is 18.3 Å². The van der Waals surface area contributed by atoms with E-state index in [1.807, 2.05) is 0 Å². The van der Waals surface area contributed by atoms with Crippen molar-refractivity contribution in [3.8, 4) is 0 Å². The van der Waals surface area contributed by atoms with E-state index in [2.05, 4.69) is 10.2 Å². The van der Waals surface area contributed by atoms with Gasteiger partial charge in [0.1, 0.15) is 0 Å². The smallest absolute Gasteiger partial charge is 0.194 e. The number of hydrogen-bond donors (Lipinski definition) is 2. The summed E-state index contributed by atoms with van der Waals surface area (Å²) in [7, 11) is 0. The maximum absolute atomic E-state index is 13.5. The van der Waals surface area contributed by atoms with Crippen LogP contribution in [-0.2, 0) is 6.42 Å². The molecule has 2 N–H and O–H groups in total. The second-order valence-electron chi connectivity index (χ2n) is 4.74. The summed E-state index contributed by atoms with van der Waals surface area (Å²) < 4.78 is 39.3. The maximum Gasteiger partial charge on any atom is 0.194 e. The van der Waals surface area contributed by atoms with E-state index >= 15 is 0 Å². The summed E-state index contributed by atoms with van der Waals surface area (Å²) in [6.07, 6.45) is -0.815. The number of benzene rings is 1. The fourth-order valence-corrected chi connectivity index (χ4v) is 2.23. The number of nitrogens with zero attached hydrogens (tertiary/aromatic N) is 1. The van der Waals surface area contributed by atoms with Gasteiger partial charge in [0.2, 0.25) is 0 Å². The molecule has 2 rings (SSSR count). The van der Waals surface area contributed by atoms with Gasteiger partial charge in [-0.3, -0.25) is 4.90 Å². The minimum atomic E-state index is -1.48. The minimum absolute atomic E-state index is 0.00142. The second kappa shape index (κ2) is 6.36. The molecule has 0 aliphatic carbocycles. The highest BCUT2D eigenvalue weighted by Crippen LogP contribution is 2.17.